The Balaban J connectivity index is 2.78. The number of esters is 1. The molecule has 1 rings (SSSR count). The van der Waals surface area contributed by atoms with Gasteiger partial charge in [-0.15, -0.1) is 0 Å². The lowest BCUT2D eigenvalue weighted by Gasteiger charge is -2.18. The summed E-state index contributed by atoms with van der Waals surface area (Å²) in [5, 5.41) is 0. The molecule has 0 saturated heterocycles. The maximum absolute atomic E-state index is 11.3. The molecule has 1 unspecified atom stereocenters. The van der Waals surface area contributed by atoms with E-state index in [0.29, 0.717) is 6.42 Å². The van der Waals surface area contributed by atoms with E-state index in [1.54, 1.807) is 6.08 Å². The minimum Gasteiger partial charge on any atom is -0.467 e. The van der Waals surface area contributed by atoms with Crippen LogP contribution in [0.2, 0.25) is 0 Å². The summed E-state index contributed by atoms with van der Waals surface area (Å²) in [4.78, 5) is 11.3. The molecular weight excluding hydrogens is 220 g/mol. The third-order valence-corrected chi connectivity index (χ3v) is 2.71. The summed E-state index contributed by atoms with van der Waals surface area (Å²) in [6.07, 6.45) is 5.07. The van der Waals surface area contributed by atoms with E-state index in [0.717, 1.165) is 12.7 Å². The lowest BCUT2D eigenvalue weighted by molar-refractivity contribution is -0.150. The van der Waals surface area contributed by atoms with Crippen LogP contribution in [-0.4, -0.2) is 33.9 Å². The van der Waals surface area contributed by atoms with Gasteiger partial charge in [-0.2, -0.15) is 8.42 Å². The van der Waals surface area contributed by atoms with E-state index in [4.69, 9.17) is 4.18 Å². The number of hydrogen-bond acceptors (Lipinski definition) is 5. The number of ether oxygens (including phenoxy) is 1. The van der Waals surface area contributed by atoms with Gasteiger partial charge in [0.2, 0.25) is 0 Å². The van der Waals surface area contributed by atoms with Crippen LogP contribution in [0.25, 0.3) is 0 Å². The van der Waals surface area contributed by atoms with E-state index in [1.807, 2.05) is 6.08 Å². The van der Waals surface area contributed by atoms with E-state index < -0.39 is 22.2 Å². The van der Waals surface area contributed by atoms with Gasteiger partial charge in [0.25, 0.3) is 10.1 Å². The average molecular weight is 234 g/mol. The van der Waals surface area contributed by atoms with Gasteiger partial charge in [-0.3, -0.25) is 4.18 Å². The largest absolute Gasteiger partial charge is 0.467 e. The standard InChI is InChI=1S/C9H14O5S/c1-13-9(10)8(14-15(2,11)12)7-5-3-4-6-7/h3,5,7-8H,4,6H2,1-2H3/t7?,8-/m0/s1. The Morgan fingerprint density at radius 2 is 2.20 bits per heavy atom. The van der Waals surface area contributed by atoms with Crippen molar-refractivity contribution in [3.63, 3.8) is 0 Å². The summed E-state index contributed by atoms with van der Waals surface area (Å²) in [6.45, 7) is 0. The van der Waals surface area contributed by atoms with Gasteiger partial charge in [0.1, 0.15) is 0 Å². The predicted molar refractivity (Wildman–Crippen MR) is 53.6 cm³/mol. The Morgan fingerprint density at radius 3 is 2.60 bits per heavy atom. The van der Waals surface area contributed by atoms with E-state index >= 15 is 0 Å². The molecule has 5 nitrogen and oxygen atoms in total. The molecule has 1 aliphatic rings. The molecule has 0 bridgehead atoms. The first-order valence-electron chi connectivity index (χ1n) is 4.57. The van der Waals surface area contributed by atoms with Crippen LogP contribution in [0.4, 0.5) is 0 Å². The highest BCUT2D eigenvalue weighted by Gasteiger charge is 2.32. The van der Waals surface area contributed by atoms with Gasteiger partial charge in [-0.25, -0.2) is 4.79 Å². The highest BCUT2D eigenvalue weighted by Crippen LogP contribution is 2.24. The monoisotopic (exact) mass is 234 g/mol. The topological polar surface area (TPSA) is 69.7 Å². The van der Waals surface area contributed by atoms with Gasteiger partial charge in [-0.1, -0.05) is 12.2 Å². The molecule has 0 saturated carbocycles. The summed E-state index contributed by atoms with van der Waals surface area (Å²) in [5.41, 5.74) is 0. The summed E-state index contributed by atoms with van der Waals surface area (Å²) in [6, 6.07) is 0. The van der Waals surface area contributed by atoms with Crippen LogP contribution in [0.15, 0.2) is 12.2 Å². The maximum atomic E-state index is 11.3. The molecule has 0 aromatic rings. The van der Waals surface area contributed by atoms with Crippen LogP contribution in [0.3, 0.4) is 0 Å². The molecular formula is C9H14O5S. The zero-order valence-corrected chi connectivity index (χ0v) is 9.49. The number of hydrogen-bond donors (Lipinski definition) is 0. The maximum Gasteiger partial charge on any atom is 0.337 e. The molecule has 15 heavy (non-hydrogen) atoms. The van der Waals surface area contributed by atoms with Crippen molar-refractivity contribution >= 4 is 16.1 Å². The van der Waals surface area contributed by atoms with Crippen molar-refractivity contribution in [3.8, 4) is 0 Å². The molecule has 0 amide bonds. The average Bonchev–Trinajstić information content (AvgIpc) is 2.64. The van der Waals surface area contributed by atoms with Crippen molar-refractivity contribution in [3.05, 3.63) is 12.2 Å². The van der Waals surface area contributed by atoms with Crippen LogP contribution in [0.1, 0.15) is 12.8 Å². The van der Waals surface area contributed by atoms with E-state index in [-0.39, 0.29) is 5.92 Å². The first kappa shape index (κ1) is 12.2. The van der Waals surface area contributed by atoms with E-state index in [2.05, 4.69) is 4.74 Å². The van der Waals surface area contributed by atoms with Crippen molar-refractivity contribution < 1.29 is 22.1 Å². The van der Waals surface area contributed by atoms with Crippen LogP contribution >= 0.6 is 0 Å². The zero-order chi connectivity index (χ0) is 11.5. The van der Waals surface area contributed by atoms with Crippen molar-refractivity contribution in [2.24, 2.45) is 5.92 Å². The Hall–Kier alpha value is -0.880. The van der Waals surface area contributed by atoms with Crippen molar-refractivity contribution in [1.29, 1.82) is 0 Å². The highest BCUT2D eigenvalue weighted by molar-refractivity contribution is 7.86. The number of methoxy groups -OCH3 is 1. The zero-order valence-electron chi connectivity index (χ0n) is 8.67. The number of carbonyl (C=O) groups is 1. The SMILES string of the molecule is COC(=O)[C@@H](OS(C)(=O)=O)C1C=CCC1. The van der Waals surface area contributed by atoms with Gasteiger partial charge in [-0.05, 0) is 12.8 Å². The van der Waals surface area contributed by atoms with Gasteiger partial charge in [0, 0.05) is 5.92 Å². The fraction of sp³-hybridized carbons (Fsp3) is 0.667. The van der Waals surface area contributed by atoms with Crippen LogP contribution < -0.4 is 0 Å². The summed E-state index contributed by atoms with van der Waals surface area (Å²) in [5.74, 6) is -0.871. The molecule has 0 heterocycles. The lowest BCUT2D eigenvalue weighted by atomic mass is 10.0. The highest BCUT2D eigenvalue weighted by atomic mass is 32.2. The Kier molecular flexibility index (Phi) is 3.87. The molecule has 2 atom stereocenters. The van der Waals surface area contributed by atoms with Gasteiger partial charge in [0.15, 0.2) is 6.10 Å². The van der Waals surface area contributed by atoms with Crippen LogP contribution in [0.5, 0.6) is 0 Å². The molecule has 0 spiro atoms. The third-order valence-electron chi connectivity index (χ3n) is 2.15. The van der Waals surface area contributed by atoms with Crippen LogP contribution in [0, 0.1) is 5.92 Å². The second kappa shape index (κ2) is 4.76. The second-order valence-electron chi connectivity index (χ2n) is 3.41. The van der Waals surface area contributed by atoms with Crippen molar-refractivity contribution in [1.82, 2.24) is 0 Å². The molecule has 1 aliphatic carbocycles. The fourth-order valence-electron chi connectivity index (χ4n) is 1.50. The first-order valence-corrected chi connectivity index (χ1v) is 6.38. The summed E-state index contributed by atoms with van der Waals surface area (Å²) >= 11 is 0. The minimum absolute atomic E-state index is 0.216. The number of rotatable bonds is 4. The third kappa shape index (κ3) is 3.64. The summed E-state index contributed by atoms with van der Waals surface area (Å²) in [7, 11) is -2.44. The van der Waals surface area contributed by atoms with Crippen molar-refractivity contribution in [2.45, 2.75) is 18.9 Å². The quantitative estimate of drug-likeness (QED) is 0.402. The molecule has 0 radical (unpaired) electrons. The van der Waals surface area contributed by atoms with Gasteiger partial charge >= 0.3 is 5.97 Å². The Labute approximate surface area is 89.2 Å². The first-order chi connectivity index (χ1) is 6.94. The van der Waals surface area contributed by atoms with Gasteiger partial charge < -0.3 is 4.74 Å². The van der Waals surface area contributed by atoms with Crippen molar-refractivity contribution in [2.75, 3.05) is 13.4 Å². The van der Waals surface area contributed by atoms with Gasteiger partial charge in [0.05, 0.1) is 13.4 Å². The number of allylic oxidation sites excluding steroid dienone is 1. The lowest BCUT2D eigenvalue weighted by Crippen LogP contribution is -2.33. The minimum atomic E-state index is -3.65. The van der Waals surface area contributed by atoms with Crippen LogP contribution in [-0.2, 0) is 23.8 Å². The molecule has 0 aromatic heterocycles. The molecule has 6 heteroatoms. The predicted octanol–water partition coefficient (Wildman–Crippen LogP) is 0.470. The molecule has 0 aromatic carbocycles. The number of carbonyl (C=O) groups excluding carboxylic acids is 1. The molecule has 86 valence electrons. The fourth-order valence-corrected chi connectivity index (χ4v) is 2.10. The van der Waals surface area contributed by atoms with E-state index in [1.165, 1.54) is 7.11 Å². The molecule has 0 aliphatic heterocycles. The summed E-state index contributed by atoms with van der Waals surface area (Å²) < 4.78 is 31.2. The molecule has 0 fully saturated rings. The molecule has 0 N–H and O–H groups in total. The Morgan fingerprint density at radius 1 is 1.53 bits per heavy atom. The second-order valence-corrected chi connectivity index (χ2v) is 5.01. The Bertz CT molecular complexity index is 357. The normalized spacial score (nSPS) is 22.7. The van der Waals surface area contributed by atoms with E-state index in [9.17, 15) is 13.2 Å². The smallest absolute Gasteiger partial charge is 0.337 e.